The van der Waals surface area contributed by atoms with Crippen molar-refractivity contribution in [2.45, 2.75) is 12.5 Å². The SMILES string of the molecule is COC(=O)c1n[nH]nc1C1CNCCCN1. The van der Waals surface area contributed by atoms with Crippen LogP contribution >= 0.6 is 0 Å². The van der Waals surface area contributed by atoms with Gasteiger partial charge in [-0.05, 0) is 19.5 Å². The molecule has 0 radical (unpaired) electrons. The van der Waals surface area contributed by atoms with Crippen LogP contribution in [-0.2, 0) is 4.74 Å². The molecule has 1 aliphatic heterocycles. The van der Waals surface area contributed by atoms with Gasteiger partial charge in [0.1, 0.15) is 5.69 Å². The third-order valence-corrected chi connectivity index (χ3v) is 2.55. The molecule has 1 aromatic heterocycles. The van der Waals surface area contributed by atoms with E-state index in [0.717, 1.165) is 26.1 Å². The summed E-state index contributed by atoms with van der Waals surface area (Å²) in [5, 5.41) is 16.9. The second kappa shape index (κ2) is 5.04. The molecule has 2 heterocycles. The number of aromatic amines is 1. The quantitative estimate of drug-likeness (QED) is 0.572. The van der Waals surface area contributed by atoms with Crippen molar-refractivity contribution in [2.75, 3.05) is 26.7 Å². The van der Waals surface area contributed by atoms with Gasteiger partial charge in [-0.3, -0.25) is 0 Å². The van der Waals surface area contributed by atoms with Crippen molar-refractivity contribution >= 4 is 5.97 Å². The van der Waals surface area contributed by atoms with E-state index >= 15 is 0 Å². The van der Waals surface area contributed by atoms with Crippen molar-refractivity contribution in [3.05, 3.63) is 11.4 Å². The number of carbonyl (C=O) groups is 1. The van der Waals surface area contributed by atoms with Crippen molar-refractivity contribution in [1.29, 1.82) is 0 Å². The van der Waals surface area contributed by atoms with Crippen LogP contribution in [0.2, 0.25) is 0 Å². The molecule has 0 saturated carbocycles. The average Bonchev–Trinajstić information content (AvgIpc) is 2.64. The van der Waals surface area contributed by atoms with Crippen LogP contribution in [0.15, 0.2) is 0 Å². The van der Waals surface area contributed by atoms with Gasteiger partial charge in [0.25, 0.3) is 0 Å². The van der Waals surface area contributed by atoms with Crippen LogP contribution in [0.1, 0.15) is 28.6 Å². The van der Waals surface area contributed by atoms with Gasteiger partial charge in [-0.2, -0.15) is 10.3 Å². The van der Waals surface area contributed by atoms with Crippen LogP contribution in [0.4, 0.5) is 0 Å². The molecule has 2 rings (SSSR count). The van der Waals surface area contributed by atoms with Crippen molar-refractivity contribution in [2.24, 2.45) is 0 Å². The summed E-state index contributed by atoms with van der Waals surface area (Å²) in [4.78, 5) is 11.4. The Morgan fingerprint density at radius 1 is 1.44 bits per heavy atom. The molecule has 0 amide bonds. The number of H-pyrrole nitrogens is 1. The maximum Gasteiger partial charge on any atom is 0.360 e. The molecule has 7 heteroatoms. The number of hydrogen-bond donors (Lipinski definition) is 3. The first-order valence-electron chi connectivity index (χ1n) is 5.26. The topological polar surface area (TPSA) is 91.9 Å². The van der Waals surface area contributed by atoms with Crippen LogP contribution in [0.25, 0.3) is 0 Å². The van der Waals surface area contributed by atoms with Gasteiger partial charge >= 0.3 is 5.97 Å². The van der Waals surface area contributed by atoms with Gasteiger partial charge < -0.3 is 15.4 Å². The molecule has 16 heavy (non-hydrogen) atoms. The number of methoxy groups -OCH3 is 1. The van der Waals surface area contributed by atoms with E-state index in [0.29, 0.717) is 5.69 Å². The summed E-state index contributed by atoms with van der Waals surface area (Å²) < 4.78 is 4.65. The fourth-order valence-corrected chi connectivity index (χ4v) is 1.73. The van der Waals surface area contributed by atoms with Gasteiger partial charge in [-0.1, -0.05) is 0 Å². The molecule has 88 valence electrons. The highest BCUT2D eigenvalue weighted by Gasteiger charge is 2.24. The third-order valence-electron chi connectivity index (χ3n) is 2.55. The van der Waals surface area contributed by atoms with Crippen LogP contribution < -0.4 is 10.6 Å². The van der Waals surface area contributed by atoms with E-state index in [1.54, 1.807) is 0 Å². The van der Waals surface area contributed by atoms with E-state index in [-0.39, 0.29) is 11.7 Å². The first-order chi connectivity index (χ1) is 7.83. The zero-order valence-electron chi connectivity index (χ0n) is 9.12. The first kappa shape index (κ1) is 11.0. The van der Waals surface area contributed by atoms with E-state index in [9.17, 15) is 4.79 Å². The fraction of sp³-hybridized carbons (Fsp3) is 0.667. The molecule has 0 aromatic carbocycles. The molecule has 7 nitrogen and oxygen atoms in total. The average molecular weight is 225 g/mol. The molecule has 1 fully saturated rings. The number of carbonyl (C=O) groups excluding carboxylic acids is 1. The normalized spacial score (nSPS) is 21.4. The highest BCUT2D eigenvalue weighted by atomic mass is 16.5. The zero-order chi connectivity index (χ0) is 11.4. The van der Waals surface area contributed by atoms with Crippen LogP contribution in [0.3, 0.4) is 0 Å². The lowest BCUT2D eigenvalue weighted by Gasteiger charge is -2.13. The number of ether oxygens (including phenoxy) is 1. The summed E-state index contributed by atoms with van der Waals surface area (Å²) in [6, 6.07) is -0.00431. The number of esters is 1. The van der Waals surface area contributed by atoms with E-state index in [1.807, 2.05) is 0 Å². The van der Waals surface area contributed by atoms with Gasteiger partial charge in [0.15, 0.2) is 5.69 Å². The number of aromatic nitrogens is 3. The Bertz CT molecular complexity index is 357. The Balaban J connectivity index is 2.18. The lowest BCUT2D eigenvalue weighted by molar-refractivity contribution is 0.0592. The molecule has 3 N–H and O–H groups in total. The highest BCUT2D eigenvalue weighted by Crippen LogP contribution is 2.14. The van der Waals surface area contributed by atoms with Crippen LogP contribution in [0, 0.1) is 0 Å². The monoisotopic (exact) mass is 225 g/mol. The molecular weight excluding hydrogens is 210 g/mol. The van der Waals surface area contributed by atoms with Crippen LogP contribution in [-0.4, -0.2) is 48.1 Å². The maximum atomic E-state index is 11.4. The minimum atomic E-state index is -0.463. The Morgan fingerprint density at radius 2 is 2.31 bits per heavy atom. The highest BCUT2D eigenvalue weighted by molar-refractivity contribution is 5.88. The van der Waals surface area contributed by atoms with E-state index < -0.39 is 5.97 Å². The van der Waals surface area contributed by atoms with Gasteiger partial charge in [0.2, 0.25) is 0 Å². The zero-order valence-corrected chi connectivity index (χ0v) is 9.12. The summed E-state index contributed by atoms with van der Waals surface area (Å²) in [6.45, 7) is 2.59. The first-order valence-corrected chi connectivity index (χ1v) is 5.26. The second-order valence-electron chi connectivity index (χ2n) is 3.61. The van der Waals surface area contributed by atoms with Crippen molar-refractivity contribution < 1.29 is 9.53 Å². The Hall–Kier alpha value is -1.47. The molecule has 0 spiro atoms. The Morgan fingerprint density at radius 3 is 3.12 bits per heavy atom. The molecule has 1 aromatic rings. The van der Waals surface area contributed by atoms with Crippen molar-refractivity contribution in [3.8, 4) is 0 Å². The van der Waals surface area contributed by atoms with Gasteiger partial charge in [-0.15, -0.1) is 5.10 Å². The predicted octanol–water partition coefficient (Wildman–Crippen LogP) is -0.785. The number of rotatable bonds is 2. The molecule has 1 unspecified atom stereocenters. The maximum absolute atomic E-state index is 11.4. The van der Waals surface area contributed by atoms with Crippen molar-refractivity contribution in [3.63, 3.8) is 0 Å². The fourth-order valence-electron chi connectivity index (χ4n) is 1.73. The number of nitrogens with zero attached hydrogens (tertiary/aromatic N) is 2. The van der Waals surface area contributed by atoms with E-state index in [2.05, 4.69) is 30.8 Å². The number of nitrogens with one attached hydrogen (secondary N) is 3. The molecule has 1 aliphatic rings. The largest absolute Gasteiger partial charge is 0.464 e. The minimum Gasteiger partial charge on any atom is -0.464 e. The lowest BCUT2D eigenvalue weighted by Crippen LogP contribution is -2.29. The van der Waals surface area contributed by atoms with E-state index in [1.165, 1.54) is 7.11 Å². The Labute approximate surface area is 92.9 Å². The molecule has 1 saturated heterocycles. The summed E-state index contributed by atoms with van der Waals surface area (Å²) in [6.07, 6.45) is 1.06. The van der Waals surface area contributed by atoms with Gasteiger partial charge in [0.05, 0.1) is 13.2 Å². The van der Waals surface area contributed by atoms with Crippen molar-refractivity contribution in [1.82, 2.24) is 26.0 Å². The molecule has 0 aliphatic carbocycles. The summed E-state index contributed by atoms with van der Waals surface area (Å²) in [5.41, 5.74) is 0.866. The van der Waals surface area contributed by atoms with E-state index in [4.69, 9.17) is 0 Å². The summed E-state index contributed by atoms with van der Waals surface area (Å²) in [7, 11) is 1.33. The summed E-state index contributed by atoms with van der Waals surface area (Å²) >= 11 is 0. The van der Waals surface area contributed by atoms with Crippen LogP contribution in [0.5, 0.6) is 0 Å². The molecule has 1 atom stereocenters. The van der Waals surface area contributed by atoms with Gasteiger partial charge in [-0.25, -0.2) is 4.79 Å². The second-order valence-corrected chi connectivity index (χ2v) is 3.61. The smallest absolute Gasteiger partial charge is 0.360 e. The summed E-state index contributed by atoms with van der Waals surface area (Å²) in [5.74, 6) is -0.463. The molecule has 0 bridgehead atoms. The molecular formula is C9H15N5O2. The predicted molar refractivity (Wildman–Crippen MR) is 56.0 cm³/mol. The minimum absolute atomic E-state index is 0.00431. The van der Waals surface area contributed by atoms with Gasteiger partial charge in [0, 0.05) is 6.54 Å². The number of hydrogen-bond acceptors (Lipinski definition) is 6. The lowest BCUT2D eigenvalue weighted by atomic mass is 10.1. The Kier molecular flexibility index (Phi) is 3.47. The standard InChI is InChI=1S/C9H15N5O2/c1-16-9(15)8-7(12-14-13-8)6-5-10-3-2-4-11-6/h6,10-11H,2-5H2,1H3,(H,12,13,14). The third kappa shape index (κ3) is 2.20.